The molecule has 0 aliphatic heterocycles. The zero-order valence-corrected chi connectivity index (χ0v) is 8.05. The maximum absolute atomic E-state index is 11.2. The molecule has 0 bridgehead atoms. The Balaban J connectivity index is 2.09. The van der Waals surface area contributed by atoms with E-state index < -0.39 is 5.60 Å². The van der Waals surface area contributed by atoms with Crippen molar-refractivity contribution in [3.05, 3.63) is 12.2 Å². The molecule has 0 radical (unpaired) electrons. The summed E-state index contributed by atoms with van der Waals surface area (Å²) >= 11 is 0. The highest BCUT2D eigenvalue weighted by atomic mass is 16.3. The van der Waals surface area contributed by atoms with Gasteiger partial charge in [0.15, 0.2) is 0 Å². The van der Waals surface area contributed by atoms with E-state index in [1.165, 1.54) is 0 Å². The average molecular weight is 183 g/mol. The largest absolute Gasteiger partial charge is 0.380 e. The van der Waals surface area contributed by atoms with Crippen LogP contribution in [0.3, 0.4) is 0 Å². The number of hydrogen-bond donors (Lipinski definition) is 2. The molecule has 0 unspecified atom stereocenters. The van der Waals surface area contributed by atoms with Crippen LogP contribution in [0.1, 0.15) is 32.6 Å². The Hall–Kier alpha value is -0.830. The molecule has 3 heteroatoms. The SMILES string of the molecule is CCC/C=C/CNC(=O)C1(O)CC1. The Kier molecular flexibility index (Phi) is 3.48. The van der Waals surface area contributed by atoms with Crippen molar-refractivity contribution in [2.45, 2.75) is 38.2 Å². The standard InChI is InChI=1S/C10H17NO2/c1-2-3-4-5-8-11-9(12)10(13)6-7-10/h4-5,13H,2-3,6-8H2,1H3,(H,11,12)/b5-4+. The first-order valence-corrected chi connectivity index (χ1v) is 4.85. The van der Waals surface area contributed by atoms with Crippen LogP contribution in [-0.4, -0.2) is 23.2 Å². The lowest BCUT2D eigenvalue weighted by atomic mass is 10.3. The molecule has 1 aliphatic carbocycles. The Morgan fingerprint density at radius 1 is 1.54 bits per heavy atom. The topological polar surface area (TPSA) is 49.3 Å². The molecule has 0 aromatic carbocycles. The molecule has 1 saturated carbocycles. The van der Waals surface area contributed by atoms with Crippen molar-refractivity contribution < 1.29 is 9.90 Å². The van der Waals surface area contributed by atoms with E-state index in [-0.39, 0.29) is 5.91 Å². The first-order valence-electron chi connectivity index (χ1n) is 4.85. The second-order valence-electron chi connectivity index (χ2n) is 3.50. The lowest BCUT2D eigenvalue weighted by molar-refractivity contribution is -0.131. The summed E-state index contributed by atoms with van der Waals surface area (Å²) in [5.41, 5.74) is -1.03. The Labute approximate surface area is 78.8 Å². The number of hydrogen-bond acceptors (Lipinski definition) is 2. The average Bonchev–Trinajstić information content (AvgIpc) is 2.84. The molecule has 0 aromatic rings. The van der Waals surface area contributed by atoms with Gasteiger partial charge in [-0.1, -0.05) is 25.5 Å². The minimum absolute atomic E-state index is 0.228. The lowest BCUT2D eigenvalue weighted by Gasteiger charge is -2.06. The van der Waals surface area contributed by atoms with E-state index in [0.717, 1.165) is 12.8 Å². The predicted octanol–water partition coefficient (Wildman–Crippen LogP) is 0.984. The van der Waals surface area contributed by atoms with E-state index >= 15 is 0 Å². The van der Waals surface area contributed by atoms with Gasteiger partial charge in [0, 0.05) is 6.54 Å². The molecule has 0 saturated heterocycles. The van der Waals surface area contributed by atoms with Crippen LogP contribution in [0.5, 0.6) is 0 Å². The second kappa shape index (κ2) is 4.42. The quantitative estimate of drug-likeness (QED) is 0.624. The zero-order valence-electron chi connectivity index (χ0n) is 8.05. The van der Waals surface area contributed by atoms with Gasteiger partial charge in [-0.15, -0.1) is 0 Å². The van der Waals surface area contributed by atoms with E-state index in [1.807, 2.05) is 12.2 Å². The van der Waals surface area contributed by atoms with Crippen molar-refractivity contribution >= 4 is 5.91 Å². The Morgan fingerprint density at radius 3 is 2.77 bits per heavy atom. The fourth-order valence-corrected chi connectivity index (χ4v) is 1.03. The molecule has 0 spiro atoms. The number of allylic oxidation sites excluding steroid dienone is 1. The maximum atomic E-state index is 11.2. The van der Waals surface area contributed by atoms with E-state index in [9.17, 15) is 9.90 Å². The van der Waals surface area contributed by atoms with Crippen LogP contribution >= 0.6 is 0 Å². The van der Waals surface area contributed by atoms with Crippen LogP contribution in [-0.2, 0) is 4.79 Å². The predicted molar refractivity (Wildman–Crippen MR) is 51.2 cm³/mol. The Morgan fingerprint density at radius 2 is 2.23 bits per heavy atom. The van der Waals surface area contributed by atoms with Gasteiger partial charge in [-0.2, -0.15) is 0 Å². The molecule has 0 aromatic heterocycles. The molecule has 3 nitrogen and oxygen atoms in total. The third kappa shape index (κ3) is 3.19. The molecule has 1 fully saturated rings. The van der Waals surface area contributed by atoms with Crippen molar-refractivity contribution in [3.63, 3.8) is 0 Å². The highest BCUT2D eigenvalue weighted by Crippen LogP contribution is 2.34. The highest BCUT2D eigenvalue weighted by Gasteiger charge is 2.47. The van der Waals surface area contributed by atoms with Crippen LogP contribution in [0, 0.1) is 0 Å². The normalized spacial score (nSPS) is 18.9. The molecular weight excluding hydrogens is 166 g/mol. The molecule has 1 amide bonds. The number of carbonyl (C=O) groups is 1. The van der Waals surface area contributed by atoms with Crippen LogP contribution in [0.2, 0.25) is 0 Å². The summed E-state index contributed by atoms with van der Waals surface area (Å²) in [5.74, 6) is -0.228. The van der Waals surface area contributed by atoms with Crippen molar-refractivity contribution in [1.82, 2.24) is 5.32 Å². The van der Waals surface area contributed by atoms with Gasteiger partial charge in [-0.05, 0) is 19.3 Å². The molecular formula is C10H17NO2. The molecule has 0 heterocycles. The molecule has 13 heavy (non-hydrogen) atoms. The third-order valence-electron chi connectivity index (χ3n) is 2.15. The number of carbonyl (C=O) groups excluding carboxylic acids is 1. The molecule has 1 aliphatic rings. The van der Waals surface area contributed by atoms with Crippen LogP contribution < -0.4 is 5.32 Å². The first kappa shape index (κ1) is 10.3. The van der Waals surface area contributed by atoms with Gasteiger partial charge in [0.2, 0.25) is 0 Å². The van der Waals surface area contributed by atoms with E-state index in [4.69, 9.17) is 0 Å². The van der Waals surface area contributed by atoms with Gasteiger partial charge in [-0.3, -0.25) is 4.79 Å². The highest BCUT2D eigenvalue weighted by molar-refractivity contribution is 5.87. The van der Waals surface area contributed by atoms with E-state index in [1.54, 1.807) is 0 Å². The maximum Gasteiger partial charge on any atom is 0.252 e. The minimum Gasteiger partial charge on any atom is -0.380 e. The lowest BCUT2D eigenvalue weighted by Crippen LogP contribution is -2.36. The van der Waals surface area contributed by atoms with Gasteiger partial charge < -0.3 is 10.4 Å². The second-order valence-corrected chi connectivity index (χ2v) is 3.50. The summed E-state index contributed by atoms with van der Waals surface area (Å²) < 4.78 is 0. The number of unbranched alkanes of at least 4 members (excludes halogenated alkanes) is 1. The van der Waals surface area contributed by atoms with Gasteiger partial charge in [-0.25, -0.2) is 0 Å². The van der Waals surface area contributed by atoms with Crippen LogP contribution in [0.15, 0.2) is 12.2 Å². The number of aliphatic hydroxyl groups is 1. The van der Waals surface area contributed by atoms with Crippen molar-refractivity contribution in [1.29, 1.82) is 0 Å². The van der Waals surface area contributed by atoms with E-state index in [0.29, 0.717) is 19.4 Å². The van der Waals surface area contributed by atoms with Gasteiger partial charge >= 0.3 is 0 Å². The van der Waals surface area contributed by atoms with Crippen molar-refractivity contribution in [2.24, 2.45) is 0 Å². The van der Waals surface area contributed by atoms with Gasteiger partial charge in [0.1, 0.15) is 5.60 Å². The van der Waals surface area contributed by atoms with Crippen molar-refractivity contribution in [2.75, 3.05) is 6.54 Å². The first-order chi connectivity index (χ1) is 6.19. The summed E-state index contributed by atoms with van der Waals surface area (Å²) in [7, 11) is 0. The van der Waals surface area contributed by atoms with Gasteiger partial charge in [0.05, 0.1) is 0 Å². The molecule has 74 valence electrons. The summed E-state index contributed by atoms with van der Waals surface area (Å²) in [4.78, 5) is 11.2. The minimum atomic E-state index is -1.03. The fraction of sp³-hybridized carbons (Fsp3) is 0.700. The van der Waals surface area contributed by atoms with Crippen molar-refractivity contribution in [3.8, 4) is 0 Å². The number of rotatable bonds is 5. The monoisotopic (exact) mass is 183 g/mol. The number of nitrogens with one attached hydrogen (secondary N) is 1. The summed E-state index contributed by atoms with van der Waals surface area (Å²) in [6.07, 6.45) is 7.34. The summed E-state index contributed by atoms with van der Waals surface area (Å²) in [5, 5.41) is 12.0. The fourth-order valence-electron chi connectivity index (χ4n) is 1.03. The summed E-state index contributed by atoms with van der Waals surface area (Å²) in [6, 6.07) is 0. The summed E-state index contributed by atoms with van der Waals surface area (Å²) in [6.45, 7) is 2.64. The number of amides is 1. The van der Waals surface area contributed by atoms with Crippen LogP contribution in [0.25, 0.3) is 0 Å². The zero-order chi connectivity index (χ0) is 9.73. The smallest absolute Gasteiger partial charge is 0.252 e. The van der Waals surface area contributed by atoms with Crippen LogP contribution in [0.4, 0.5) is 0 Å². The molecule has 2 N–H and O–H groups in total. The van der Waals surface area contributed by atoms with E-state index in [2.05, 4.69) is 12.2 Å². The third-order valence-corrected chi connectivity index (χ3v) is 2.15. The molecule has 1 rings (SSSR count). The van der Waals surface area contributed by atoms with Gasteiger partial charge in [0.25, 0.3) is 5.91 Å². The Bertz CT molecular complexity index is 207. The molecule has 0 atom stereocenters.